The number of aromatic nitrogens is 2. The van der Waals surface area contributed by atoms with Crippen LogP contribution in [-0.4, -0.2) is 54.1 Å². The van der Waals surface area contributed by atoms with E-state index in [0.29, 0.717) is 10.9 Å². The summed E-state index contributed by atoms with van der Waals surface area (Å²) in [6, 6.07) is 11.9. The SMILES string of the molecule is COc1ccc2nc(-c3cc(N4CCC(C(=O)N5CCCCCC5)CC4)ccc3Cl)[nH]c2c1. The van der Waals surface area contributed by atoms with Gasteiger partial charge in [-0.15, -0.1) is 0 Å². The van der Waals surface area contributed by atoms with Crippen molar-refractivity contribution >= 4 is 34.2 Å². The van der Waals surface area contributed by atoms with Gasteiger partial charge in [0, 0.05) is 49.4 Å². The number of nitrogens with one attached hydrogen (secondary N) is 1. The molecule has 2 saturated heterocycles. The summed E-state index contributed by atoms with van der Waals surface area (Å²) in [7, 11) is 1.66. The van der Waals surface area contributed by atoms with E-state index in [1.165, 1.54) is 12.8 Å². The first-order valence-corrected chi connectivity index (χ1v) is 12.4. The summed E-state index contributed by atoms with van der Waals surface area (Å²) in [4.78, 5) is 25.6. The summed E-state index contributed by atoms with van der Waals surface area (Å²) in [5.41, 5.74) is 3.79. The standard InChI is InChI=1S/C26H31ClN4O2/c1-33-20-7-9-23-24(17-20)29-25(28-23)21-16-19(6-8-22(21)27)30-14-10-18(11-15-30)26(32)31-12-4-2-3-5-13-31/h6-9,16-18H,2-5,10-15H2,1H3,(H,28,29). The lowest BCUT2D eigenvalue weighted by Crippen LogP contribution is -2.43. The minimum atomic E-state index is 0.150. The fourth-order valence-electron chi connectivity index (χ4n) is 5.07. The van der Waals surface area contributed by atoms with Gasteiger partial charge in [-0.05, 0) is 56.0 Å². The molecule has 0 unspecified atom stereocenters. The maximum absolute atomic E-state index is 13.0. The third kappa shape index (κ3) is 4.67. The number of hydrogen-bond donors (Lipinski definition) is 1. The van der Waals surface area contributed by atoms with Crippen LogP contribution < -0.4 is 9.64 Å². The van der Waals surface area contributed by atoms with Crippen LogP contribution in [0.15, 0.2) is 36.4 Å². The van der Waals surface area contributed by atoms with Crippen LogP contribution in [-0.2, 0) is 4.79 Å². The summed E-state index contributed by atoms with van der Waals surface area (Å²) in [5.74, 6) is 2.05. The monoisotopic (exact) mass is 466 g/mol. The average molecular weight is 467 g/mol. The van der Waals surface area contributed by atoms with Crippen LogP contribution in [0.3, 0.4) is 0 Å². The van der Waals surface area contributed by atoms with E-state index in [1.807, 2.05) is 24.3 Å². The van der Waals surface area contributed by atoms with E-state index in [0.717, 1.165) is 85.7 Å². The Hall–Kier alpha value is -2.73. The predicted molar refractivity (Wildman–Crippen MR) is 133 cm³/mol. The lowest BCUT2D eigenvalue weighted by Gasteiger charge is -2.35. The number of aromatic amines is 1. The molecule has 5 rings (SSSR count). The van der Waals surface area contributed by atoms with Crippen LogP contribution in [0.25, 0.3) is 22.4 Å². The van der Waals surface area contributed by atoms with E-state index in [-0.39, 0.29) is 5.92 Å². The highest BCUT2D eigenvalue weighted by atomic mass is 35.5. The second kappa shape index (κ2) is 9.64. The van der Waals surface area contributed by atoms with Crippen molar-refractivity contribution in [2.75, 3.05) is 38.2 Å². The number of likely N-dealkylation sites (tertiary alicyclic amines) is 1. The molecule has 1 amide bonds. The average Bonchev–Trinajstić information content (AvgIpc) is 3.08. The van der Waals surface area contributed by atoms with Gasteiger partial charge in [0.15, 0.2) is 0 Å². The van der Waals surface area contributed by atoms with E-state index in [4.69, 9.17) is 21.3 Å². The van der Waals surface area contributed by atoms with Gasteiger partial charge in [-0.2, -0.15) is 0 Å². The molecule has 0 atom stereocenters. The van der Waals surface area contributed by atoms with Crippen molar-refractivity contribution < 1.29 is 9.53 Å². The van der Waals surface area contributed by atoms with Gasteiger partial charge in [-0.3, -0.25) is 4.79 Å². The number of methoxy groups -OCH3 is 1. The number of piperidine rings is 1. The molecule has 7 heteroatoms. The zero-order chi connectivity index (χ0) is 22.8. The Balaban J connectivity index is 1.30. The summed E-state index contributed by atoms with van der Waals surface area (Å²) in [6.45, 7) is 3.62. The Morgan fingerprint density at radius 3 is 2.52 bits per heavy atom. The number of carbonyl (C=O) groups excluding carboxylic acids is 1. The van der Waals surface area contributed by atoms with Crippen molar-refractivity contribution in [1.29, 1.82) is 0 Å². The summed E-state index contributed by atoms with van der Waals surface area (Å²) >= 11 is 6.57. The fraction of sp³-hybridized carbons (Fsp3) is 0.462. The number of halogens is 1. The molecule has 3 aromatic rings. The number of nitrogens with zero attached hydrogens (tertiary/aromatic N) is 3. The molecule has 3 heterocycles. The van der Waals surface area contributed by atoms with Gasteiger partial charge in [0.05, 0.1) is 23.2 Å². The molecule has 174 valence electrons. The molecule has 6 nitrogen and oxygen atoms in total. The third-order valence-corrected chi connectivity index (χ3v) is 7.35. The van der Waals surface area contributed by atoms with E-state index in [9.17, 15) is 4.79 Å². The van der Waals surface area contributed by atoms with Gasteiger partial charge in [0.25, 0.3) is 0 Å². The van der Waals surface area contributed by atoms with Crippen LogP contribution in [0.1, 0.15) is 38.5 Å². The van der Waals surface area contributed by atoms with Crippen molar-refractivity contribution in [3.05, 3.63) is 41.4 Å². The molecule has 1 N–H and O–H groups in total. The Labute approximate surface area is 199 Å². The molecule has 0 aliphatic carbocycles. The van der Waals surface area contributed by atoms with E-state index in [2.05, 4.69) is 26.9 Å². The molecule has 0 saturated carbocycles. The van der Waals surface area contributed by atoms with Crippen molar-refractivity contribution in [3.8, 4) is 17.1 Å². The van der Waals surface area contributed by atoms with Crippen molar-refractivity contribution in [2.24, 2.45) is 5.92 Å². The second-order valence-electron chi connectivity index (χ2n) is 9.13. The fourth-order valence-corrected chi connectivity index (χ4v) is 5.28. The van der Waals surface area contributed by atoms with Crippen molar-refractivity contribution in [2.45, 2.75) is 38.5 Å². The maximum Gasteiger partial charge on any atom is 0.225 e. The topological polar surface area (TPSA) is 61.5 Å². The number of imidazole rings is 1. The number of carbonyl (C=O) groups is 1. The van der Waals surface area contributed by atoms with Gasteiger partial charge >= 0.3 is 0 Å². The Morgan fingerprint density at radius 1 is 1.03 bits per heavy atom. The smallest absolute Gasteiger partial charge is 0.225 e. The van der Waals surface area contributed by atoms with Gasteiger partial charge < -0.3 is 19.5 Å². The number of anilines is 1. The Kier molecular flexibility index (Phi) is 6.45. The first-order valence-electron chi connectivity index (χ1n) is 12.0. The summed E-state index contributed by atoms with van der Waals surface area (Å²) < 4.78 is 5.32. The Bertz CT molecular complexity index is 1130. The number of fused-ring (bicyclic) bond motifs is 1. The molecule has 0 spiro atoms. The minimum absolute atomic E-state index is 0.150. The third-order valence-electron chi connectivity index (χ3n) is 7.02. The van der Waals surface area contributed by atoms with E-state index in [1.54, 1.807) is 7.11 Å². The molecule has 1 aromatic heterocycles. The molecule has 33 heavy (non-hydrogen) atoms. The molecule has 2 aliphatic rings. The molecule has 2 aromatic carbocycles. The van der Waals surface area contributed by atoms with Gasteiger partial charge in [0.1, 0.15) is 11.6 Å². The summed E-state index contributed by atoms with van der Waals surface area (Å²) in [6.07, 6.45) is 6.59. The first kappa shape index (κ1) is 22.1. The number of amides is 1. The van der Waals surface area contributed by atoms with Gasteiger partial charge in [0.2, 0.25) is 5.91 Å². The van der Waals surface area contributed by atoms with Crippen LogP contribution in [0, 0.1) is 5.92 Å². The lowest BCUT2D eigenvalue weighted by atomic mass is 9.94. The normalized spacial score (nSPS) is 17.9. The number of ether oxygens (including phenoxy) is 1. The lowest BCUT2D eigenvalue weighted by molar-refractivity contribution is -0.136. The largest absolute Gasteiger partial charge is 0.497 e. The second-order valence-corrected chi connectivity index (χ2v) is 9.54. The highest BCUT2D eigenvalue weighted by Gasteiger charge is 2.29. The van der Waals surface area contributed by atoms with Crippen LogP contribution >= 0.6 is 11.6 Å². The van der Waals surface area contributed by atoms with Crippen LogP contribution in [0.4, 0.5) is 5.69 Å². The van der Waals surface area contributed by atoms with Crippen molar-refractivity contribution in [3.63, 3.8) is 0 Å². The molecule has 0 bridgehead atoms. The highest BCUT2D eigenvalue weighted by Crippen LogP contribution is 2.34. The van der Waals surface area contributed by atoms with E-state index >= 15 is 0 Å². The maximum atomic E-state index is 13.0. The summed E-state index contributed by atoms with van der Waals surface area (Å²) in [5, 5.41) is 0.663. The Morgan fingerprint density at radius 2 is 1.79 bits per heavy atom. The van der Waals surface area contributed by atoms with Gasteiger partial charge in [-0.25, -0.2) is 4.98 Å². The highest BCUT2D eigenvalue weighted by molar-refractivity contribution is 6.33. The molecule has 2 fully saturated rings. The number of benzene rings is 2. The number of rotatable bonds is 4. The molecular formula is C26H31ClN4O2. The predicted octanol–water partition coefficient (Wildman–Crippen LogP) is 5.51. The van der Waals surface area contributed by atoms with Crippen LogP contribution in [0.2, 0.25) is 5.02 Å². The van der Waals surface area contributed by atoms with Crippen molar-refractivity contribution in [1.82, 2.24) is 14.9 Å². The van der Waals surface area contributed by atoms with Gasteiger partial charge in [-0.1, -0.05) is 24.4 Å². The number of hydrogen-bond acceptors (Lipinski definition) is 4. The number of H-pyrrole nitrogens is 1. The molecule has 2 aliphatic heterocycles. The quantitative estimate of drug-likeness (QED) is 0.550. The zero-order valence-corrected chi connectivity index (χ0v) is 19.9. The minimum Gasteiger partial charge on any atom is -0.497 e. The van der Waals surface area contributed by atoms with E-state index < -0.39 is 0 Å². The molecular weight excluding hydrogens is 436 g/mol. The molecule has 0 radical (unpaired) electrons. The van der Waals surface area contributed by atoms with Crippen LogP contribution in [0.5, 0.6) is 5.75 Å². The first-order chi connectivity index (χ1) is 16.1. The zero-order valence-electron chi connectivity index (χ0n) is 19.1.